The first kappa shape index (κ1) is 16.2. The zero-order valence-electron chi connectivity index (χ0n) is 13.8. The zero-order valence-corrected chi connectivity index (χ0v) is 13.8. The molecular weight excluding hydrogens is 230 g/mol. The van der Waals surface area contributed by atoms with Crippen molar-refractivity contribution in [3.63, 3.8) is 0 Å². The summed E-state index contributed by atoms with van der Waals surface area (Å²) in [5.74, 6) is 0. The molecule has 0 aliphatic heterocycles. The lowest BCUT2D eigenvalue weighted by atomic mass is 9.78. The van der Waals surface area contributed by atoms with E-state index in [9.17, 15) is 0 Å². The number of benzene rings is 1. The Hall–Kier alpha value is -0.820. The van der Waals surface area contributed by atoms with Gasteiger partial charge in [0.25, 0.3) is 0 Å². The first-order chi connectivity index (χ1) is 8.70. The van der Waals surface area contributed by atoms with Crippen LogP contribution in [0.1, 0.15) is 59.1 Å². The smallest absolute Gasteiger partial charge is 0.0155 e. The third kappa shape index (κ3) is 4.35. The molecule has 0 aliphatic carbocycles. The maximum absolute atomic E-state index is 3.49. The van der Waals surface area contributed by atoms with Gasteiger partial charge in [-0.1, -0.05) is 65.8 Å². The monoisotopic (exact) mass is 261 g/mol. The molecule has 0 saturated carbocycles. The molecular formula is C18H31N. The van der Waals surface area contributed by atoms with E-state index in [1.54, 1.807) is 0 Å². The van der Waals surface area contributed by atoms with Crippen LogP contribution in [0.4, 0.5) is 0 Å². The summed E-state index contributed by atoms with van der Waals surface area (Å²) >= 11 is 0. The van der Waals surface area contributed by atoms with Crippen LogP contribution in [0.25, 0.3) is 0 Å². The summed E-state index contributed by atoms with van der Waals surface area (Å²) in [7, 11) is 2.08. The van der Waals surface area contributed by atoms with Crippen LogP contribution < -0.4 is 5.32 Å². The zero-order chi connectivity index (χ0) is 14.7. The van der Waals surface area contributed by atoms with Crippen molar-refractivity contribution in [2.24, 2.45) is 5.41 Å². The van der Waals surface area contributed by atoms with Crippen LogP contribution in [0.2, 0.25) is 0 Å². The lowest BCUT2D eigenvalue weighted by molar-refractivity contribution is 0.240. The summed E-state index contributed by atoms with van der Waals surface area (Å²) in [5, 5.41) is 3.49. The van der Waals surface area contributed by atoms with Crippen LogP contribution in [0.3, 0.4) is 0 Å². The van der Waals surface area contributed by atoms with Crippen molar-refractivity contribution in [3.8, 4) is 0 Å². The molecule has 1 heteroatoms. The van der Waals surface area contributed by atoms with Crippen molar-refractivity contribution < 1.29 is 0 Å². The van der Waals surface area contributed by atoms with Gasteiger partial charge < -0.3 is 5.32 Å². The van der Waals surface area contributed by atoms with Crippen LogP contribution >= 0.6 is 0 Å². The van der Waals surface area contributed by atoms with E-state index in [2.05, 4.69) is 78.2 Å². The van der Waals surface area contributed by atoms with Gasteiger partial charge in [0.1, 0.15) is 0 Å². The fourth-order valence-electron chi connectivity index (χ4n) is 2.39. The topological polar surface area (TPSA) is 12.0 Å². The lowest BCUT2D eigenvalue weighted by Gasteiger charge is -2.33. The molecule has 0 aromatic heterocycles. The summed E-state index contributed by atoms with van der Waals surface area (Å²) in [5.41, 5.74) is 3.40. The van der Waals surface area contributed by atoms with Gasteiger partial charge in [-0.25, -0.2) is 0 Å². The Morgan fingerprint density at radius 3 is 1.89 bits per heavy atom. The molecule has 0 bridgehead atoms. The van der Waals surface area contributed by atoms with Gasteiger partial charge in [-0.2, -0.15) is 0 Å². The average Bonchev–Trinajstić information content (AvgIpc) is 2.35. The van der Waals surface area contributed by atoms with Crippen LogP contribution in [-0.4, -0.2) is 13.1 Å². The standard InChI is InChI=1S/C18H31N/c1-8-18(5,6)16(19-7)13-14-9-11-15(12-10-14)17(2,3)4/h9-12,16,19H,8,13H2,1-7H3. The van der Waals surface area contributed by atoms with Gasteiger partial charge in [0, 0.05) is 6.04 Å². The lowest BCUT2D eigenvalue weighted by Crippen LogP contribution is -2.41. The second kappa shape index (κ2) is 6.09. The van der Waals surface area contributed by atoms with E-state index in [-0.39, 0.29) is 5.41 Å². The SMILES string of the molecule is CCC(C)(C)C(Cc1ccc(C(C)(C)C)cc1)NC. The fourth-order valence-corrected chi connectivity index (χ4v) is 2.39. The number of hydrogen-bond donors (Lipinski definition) is 1. The highest BCUT2D eigenvalue weighted by Crippen LogP contribution is 2.28. The molecule has 0 spiro atoms. The Labute approximate surface area is 119 Å². The van der Waals surface area contributed by atoms with Crippen LogP contribution in [-0.2, 0) is 11.8 Å². The van der Waals surface area contributed by atoms with E-state index in [0.717, 1.165) is 6.42 Å². The Morgan fingerprint density at radius 1 is 1.00 bits per heavy atom. The maximum Gasteiger partial charge on any atom is 0.0155 e. The van der Waals surface area contributed by atoms with E-state index in [1.165, 1.54) is 17.5 Å². The molecule has 1 unspecified atom stereocenters. The molecule has 0 fully saturated rings. The van der Waals surface area contributed by atoms with Gasteiger partial charge in [-0.05, 0) is 41.8 Å². The van der Waals surface area contributed by atoms with Gasteiger partial charge >= 0.3 is 0 Å². The third-order valence-corrected chi connectivity index (χ3v) is 4.46. The molecule has 19 heavy (non-hydrogen) atoms. The Morgan fingerprint density at radius 2 is 1.53 bits per heavy atom. The fraction of sp³-hybridized carbons (Fsp3) is 0.667. The van der Waals surface area contributed by atoms with E-state index in [0.29, 0.717) is 11.5 Å². The van der Waals surface area contributed by atoms with Crippen LogP contribution in [0.15, 0.2) is 24.3 Å². The number of nitrogens with one attached hydrogen (secondary N) is 1. The molecule has 1 aromatic carbocycles. The van der Waals surface area contributed by atoms with Crippen molar-refractivity contribution >= 4 is 0 Å². The third-order valence-electron chi connectivity index (χ3n) is 4.46. The van der Waals surface area contributed by atoms with E-state index >= 15 is 0 Å². The second-order valence-corrected chi connectivity index (χ2v) is 7.33. The Balaban J connectivity index is 2.82. The van der Waals surface area contributed by atoms with E-state index in [4.69, 9.17) is 0 Å². The molecule has 0 saturated heterocycles. The summed E-state index contributed by atoms with van der Waals surface area (Å²) < 4.78 is 0. The van der Waals surface area contributed by atoms with Crippen molar-refractivity contribution in [2.75, 3.05) is 7.05 Å². The highest BCUT2D eigenvalue weighted by Gasteiger charge is 2.26. The molecule has 0 amide bonds. The summed E-state index contributed by atoms with van der Waals surface area (Å²) in [6.07, 6.45) is 2.29. The predicted molar refractivity (Wildman–Crippen MR) is 85.8 cm³/mol. The molecule has 108 valence electrons. The minimum absolute atomic E-state index is 0.240. The van der Waals surface area contributed by atoms with Crippen molar-refractivity contribution in [3.05, 3.63) is 35.4 Å². The van der Waals surface area contributed by atoms with Gasteiger partial charge in [0.2, 0.25) is 0 Å². The minimum atomic E-state index is 0.240. The largest absolute Gasteiger partial charge is 0.316 e. The molecule has 1 nitrogen and oxygen atoms in total. The van der Waals surface area contributed by atoms with Crippen molar-refractivity contribution in [1.82, 2.24) is 5.32 Å². The van der Waals surface area contributed by atoms with Gasteiger partial charge in [-0.15, -0.1) is 0 Å². The first-order valence-corrected chi connectivity index (χ1v) is 7.47. The van der Waals surface area contributed by atoms with E-state index in [1.807, 2.05) is 0 Å². The molecule has 1 rings (SSSR count). The summed E-state index contributed by atoms with van der Waals surface area (Å²) in [6.45, 7) is 13.7. The minimum Gasteiger partial charge on any atom is -0.316 e. The molecule has 0 radical (unpaired) electrons. The van der Waals surface area contributed by atoms with Crippen LogP contribution in [0, 0.1) is 5.41 Å². The first-order valence-electron chi connectivity index (χ1n) is 7.47. The van der Waals surface area contributed by atoms with Crippen molar-refractivity contribution in [1.29, 1.82) is 0 Å². The highest BCUT2D eigenvalue weighted by atomic mass is 14.9. The summed E-state index contributed by atoms with van der Waals surface area (Å²) in [6, 6.07) is 9.66. The molecule has 0 aliphatic rings. The molecule has 1 atom stereocenters. The molecule has 0 heterocycles. The second-order valence-electron chi connectivity index (χ2n) is 7.33. The maximum atomic E-state index is 3.49. The average molecular weight is 261 g/mol. The Kier molecular flexibility index (Phi) is 5.20. The van der Waals surface area contributed by atoms with E-state index < -0.39 is 0 Å². The Bertz CT molecular complexity index is 381. The number of hydrogen-bond acceptors (Lipinski definition) is 1. The molecule has 1 N–H and O–H groups in total. The van der Waals surface area contributed by atoms with Gasteiger partial charge in [0.05, 0.1) is 0 Å². The van der Waals surface area contributed by atoms with Gasteiger partial charge in [-0.3, -0.25) is 0 Å². The quantitative estimate of drug-likeness (QED) is 0.820. The summed E-state index contributed by atoms with van der Waals surface area (Å²) in [4.78, 5) is 0. The molecule has 1 aromatic rings. The normalized spacial score (nSPS) is 14.5. The van der Waals surface area contributed by atoms with Crippen LogP contribution in [0.5, 0.6) is 0 Å². The number of likely N-dealkylation sites (N-methyl/N-ethyl adjacent to an activating group) is 1. The number of rotatable bonds is 5. The predicted octanol–water partition coefficient (Wildman–Crippen LogP) is 4.55. The van der Waals surface area contributed by atoms with Gasteiger partial charge in [0.15, 0.2) is 0 Å². The van der Waals surface area contributed by atoms with Crippen molar-refractivity contribution in [2.45, 2.75) is 65.8 Å². The highest BCUT2D eigenvalue weighted by molar-refractivity contribution is 5.28.